The number of Topliss-reactive ketones (excluding diaryl/α,β-unsaturated/α-hetero) is 1. The maximum absolute atomic E-state index is 13.2. The lowest BCUT2D eigenvalue weighted by atomic mass is 9.88. The number of ether oxygens (including phenoxy) is 1. The molecule has 0 spiro atoms. The molecular formula is C24H26N2O2. The van der Waals surface area contributed by atoms with Crippen LogP contribution in [0, 0.1) is 12.8 Å². The second-order valence-electron chi connectivity index (χ2n) is 7.61. The lowest BCUT2D eigenvalue weighted by Crippen LogP contribution is -2.38. The van der Waals surface area contributed by atoms with Crippen molar-refractivity contribution in [2.45, 2.75) is 26.3 Å². The van der Waals surface area contributed by atoms with Crippen LogP contribution in [0.5, 0.6) is 5.75 Å². The Labute approximate surface area is 166 Å². The van der Waals surface area contributed by atoms with Gasteiger partial charge in [0.1, 0.15) is 5.75 Å². The van der Waals surface area contributed by atoms with E-state index in [2.05, 4.69) is 28.1 Å². The molecule has 0 bridgehead atoms. The predicted octanol–water partition coefficient (Wildman–Crippen LogP) is 4.65. The molecule has 3 aromatic rings. The summed E-state index contributed by atoms with van der Waals surface area (Å²) in [5.41, 5.74) is 4.11. The lowest BCUT2D eigenvalue weighted by Gasteiger charge is -2.32. The second-order valence-corrected chi connectivity index (χ2v) is 7.61. The van der Waals surface area contributed by atoms with Crippen LogP contribution in [-0.4, -0.2) is 35.9 Å². The van der Waals surface area contributed by atoms with Gasteiger partial charge < -0.3 is 4.74 Å². The number of hydrogen-bond donors (Lipinski definition) is 0. The second kappa shape index (κ2) is 8.11. The molecule has 1 aromatic heterocycles. The molecule has 1 aliphatic heterocycles. The molecule has 0 saturated carbocycles. The van der Waals surface area contributed by atoms with Gasteiger partial charge in [-0.25, -0.2) is 0 Å². The van der Waals surface area contributed by atoms with Crippen LogP contribution >= 0.6 is 0 Å². The van der Waals surface area contributed by atoms with Gasteiger partial charge in [-0.05, 0) is 67.8 Å². The van der Waals surface area contributed by atoms with Gasteiger partial charge in [0.2, 0.25) is 0 Å². The van der Waals surface area contributed by atoms with Crippen LogP contribution in [0.25, 0.3) is 10.9 Å². The number of hydrogen-bond acceptors (Lipinski definition) is 4. The van der Waals surface area contributed by atoms with Gasteiger partial charge in [0.15, 0.2) is 5.78 Å². The maximum atomic E-state index is 13.2. The first-order chi connectivity index (χ1) is 13.7. The van der Waals surface area contributed by atoms with Crippen LogP contribution in [0.15, 0.2) is 54.7 Å². The molecule has 4 heteroatoms. The number of pyridine rings is 1. The molecule has 1 fully saturated rings. The molecule has 0 radical (unpaired) electrons. The van der Waals surface area contributed by atoms with E-state index in [0.717, 1.165) is 54.9 Å². The monoisotopic (exact) mass is 374 g/mol. The molecule has 0 aliphatic carbocycles. The Morgan fingerprint density at radius 1 is 1.21 bits per heavy atom. The number of likely N-dealkylation sites (tertiary alicyclic amines) is 1. The topological polar surface area (TPSA) is 42.4 Å². The number of aromatic nitrogens is 1. The molecule has 0 N–H and O–H groups in total. The largest absolute Gasteiger partial charge is 0.497 e. The molecule has 4 nitrogen and oxygen atoms in total. The Morgan fingerprint density at radius 3 is 2.89 bits per heavy atom. The van der Waals surface area contributed by atoms with Gasteiger partial charge in [-0.15, -0.1) is 0 Å². The standard InChI is InChI=1S/C24H26N2O2/c1-17-14-20(28-2)9-10-21(17)24(27)19-6-5-13-26(16-19)15-18-11-12-25-23-8-4-3-7-22(18)23/h3-4,7-12,14,19H,5-6,13,15-16H2,1-2H3. The van der Waals surface area contributed by atoms with E-state index in [-0.39, 0.29) is 11.7 Å². The van der Waals surface area contributed by atoms with E-state index in [0.29, 0.717) is 0 Å². The van der Waals surface area contributed by atoms with Gasteiger partial charge in [-0.2, -0.15) is 0 Å². The van der Waals surface area contributed by atoms with E-state index < -0.39 is 0 Å². The number of fused-ring (bicyclic) bond motifs is 1. The fourth-order valence-corrected chi connectivity index (χ4v) is 4.21. The average molecular weight is 374 g/mol. The van der Waals surface area contributed by atoms with Crippen LogP contribution < -0.4 is 4.74 Å². The summed E-state index contributed by atoms with van der Waals surface area (Å²) in [5.74, 6) is 1.10. The molecule has 1 atom stereocenters. The number of aryl methyl sites for hydroxylation is 1. The summed E-state index contributed by atoms with van der Waals surface area (Å²) >= 11 is 0. The zero-order valence-electron chi connectivity index (χ0n) is 16.5. The Morgan fingerprint density at radius 2 is 2.07 bits per heavy atom. The predicted molar refractivity (Wildman–Crippen MR) is 112 cm³/mol. The normalized spacial score (nSPS) is 17.6. The third kappa shape index (κ3) is 3.78. The van der Waals surface area contributed by atoms with Gasteiger partial charge in [0.25, 0.3) is 0 Å². The molecule has 2 heterocycles. The summed E-state index contributed by atoms with van der Waals surface area (Å²) in [6.45, 7) is 4.68. The number of piperidine rings is 1. The minimum absolute atomic E-state index is 0.0500. The molecule has 144 valence electrons. The minimum Gasteiger partial charge on any atom is -0.497 e. The third-order valence-corrected chi connectivity index (χ3v) is 5.71. The van der Waals surface area contributed by atoms with Gasteiger partial charge in [0.05, 0.1) is 12.6 Å². The zero-order chi connectivity index (χ0) is 19.5. The molecule has 1 saturated heterocycles. The van der Waals surface area contributed by atoms with Crippen LogP contribution in [-0.2, 0) is 6.54 Å². The SMILES string of the molecule is COc1ccc(C(=O)C2CCCN(Cc3ccnc4ccccc34)C2)c(C)c1. The van der Waals surface area contributed by atoms with E-state index in [1.807, 2.05) is 43.5 Å². The quantitative estimate of drug-likeness (QED) is 0.610. The van der Waals surface area contributed by atoms with Gasteiger partial charge in [0, 0.05) is 36.2 Å². The fraction of sp³-hybridized carbons (Fsp3) is 0.333. The highest BCUT2D eigenvalue weighted by molar-refractivity contribution is 5.99. The van der Waals surface area contributed by atoms with Gasteiger partial charge >= 0.3 is 0 Å². The highest BCUT2D eigenvalue weighted by Crippen LogP contribution is 2.26. The number of benzene rings is 2. The summed E-state index contributed by atoms with van der Waals surface area (Å²) in [4.78, 5) is 20.0. The molecule has 4 rings (SSSR count). The summed E-state index contributed by atoms with van der Waals surface area (Å²) in [5, 5.41) is 1.20. The molecule has 1 aliphatic rings. The summed E-state index contributed by atoms with van der Waals surface area (Å²) in [6.07, 6.45) is 3.89. The van der Waals surface area contributed by atoms with Crippen molar-refractivity contribution in [1.29, 1.82) is 0 Å². The summed E-state index contributed by atoms with van der Waals surface area (Å²) < 4.78 is 5.27. The first-order valence-electron chi connectivity index (χ1n) is 9.89. The van der Waals surface area contributed by atoms with E-state index in [4.69, 9.17) is 4.74 Å². The van der Waals surface area contributed by atoms with E-state index in [1.54, 1.807) is 7.11 Å². The average Bonchev–Trinajstić information content (AvgIpc) is 2.73. The lowest BCUT2D eigenvalue weighted by molar-refractivity contribution is 0.0811. The minimum atomic E-state index is 0.0500. The molecule has 2 aromatic carbocycles. The number of carbonyl (C=O) groups excluding carboxylic acids is 1. The van der Waals surface area contributed by atoms with Crippen LogP contribution in [0.2, 0.25) is 0 Å². The van der Waals surface area contributed by atoms with E-state index in [1.165, 1.54) is 10.9 Å². The first kappa shape index (κ1) is 18.6. The Hall–Kier alpha value is -2.72. The smallest absolute Gasteiger partial charge is 0.167 e. The summed E-state index contributed by atoms with van der Waals surface area (Å²) in [7, 11) is 1.65. The highest BCUT2D eigenvalue weighted by atomic mass is 16.5. The van der Waals surface area contributed by atoms with Crippen LogP contribution in [0.4, 0.5) is 0 Å². The van der Waals surface area contributed by atoms with Crippen molar-refractivity contribution >= 4 is 16.7 Å². The number of para-hydroxylation sites is 1. The van der Waals surface area contributed by atoms with Crippen molar-refractivity contribution in [3.63, 3.8) is 0 Å². The number of ketones is 1. The summed E-state index contributed by atoms with van der Waals surface area (Å²) in [6, 6.07) is 16.1. The van der Waals surface area contributed by atoms with Crippen molar-refractivity contribution < 1.29 is 9.53 Å². The Balaban J connectivity index is 1.50. The van der Waals surface area contributed by atoms with E-state index >= 15 is 0 Å². The van der Waals surface area contributed by atoms with Crippen LogP contribution in [0.3, 0.4) is 0 Å². The first-order valence-corrected chi connectivity index (χ1v) is 9.89. The van der Waals surface area contributed by atoms with Crippen molar-refractivity contribution in [3.8, 4) is 5.75 Å². The van der Waals surface area contributed by atoms with Crippen LogP contribution in [0.1, 0.15) is 34.3 Å². The molecule has 0 amide bonds. The number of carbonyl (C=O) groups is 1. The zero-order valence-corrected chi connectivity index (χ0v) is 16.5. The maximum Gasteiger partial charge on any atom is 0.167 e. The molecule has 1 unspecified atom stereocenters. The van der Waals surface area contributed by atoms with Crippen molar-refractivity contribution in [2.24, 2.45) is 5.92 Å². The Bertz CT molecular complexity index is 994. The Kier molecular flexibility index (Phi) is 5.40. The van der Waals surface area contributed by atoms with Crippen molar-refractivity contribution in [3.05, 3.63) is 71.4 Å². The number of methoxy groups -OCH3 is 1. The number of rotatable bonds is 5. The fourth-order valence-electron chi connectivity index (χ4n) is 4.21. The van der Waals surface area contributed by atoms with Crippen molar-refractivity contribution in [2.75, 3.05) is 20.2 Å². The number of nitrogens with zero attached hydrogens (tertiary/aromatic N) is 2. The van der Waals surface area contributed by atoms with Crippen molar-refractivity contribution in [1.82, 2.24) is 9.88 Å². The van der Waals surface area contributed by atoms with Gasteiger partial charge in [-0.3, -0.25) is 14.7 Å². The molecule has 28 heavy (non-hydrogen) atoms. The van der Waals surface area contributed by atoms with E-state index in [9.17, 15) is 4.79 Å². The molecular weight excluding hydrogens is 348 g/mol. The highest BCUT2D eigenvalue weighted by Gasteiger charge is 2.27. The van der Waals surface area contributed by atoms with Gasteiger partial charge in [-0.1, -0.05) is 18.2 Å². The third-order valence-electron chi connectivity index (χ3n) is 5.71.